The van der Waals surface area contributed by atoms with E-state index >= 15 is 0 Å². The Morgan fingerprint density at radius 3 is 2.84 bits per heavy atom. The maximum Gasteiger partial charge on any atom is 0.0621 e. The average molecular weight is 270 g/mol. The van der Waals surface area contributed by atoms with Gasteiger partial charge in [-0.1, -0.05) is 6.92 Å². The maximum absolute atomic E-state index is 5.64. The van der Waals surface area contributed by atoms with E-state index in [4.69, 9.17) is 9.47 Å². The van der Waals surface area contributed by atoms with Crippen LogP contribution in [0.3, 0.4) is 0 Å². The molecule has 2 aliphatic rings. The zero-order chi connectivity index (χ0) is 13.5. The van der Waals surface area contributed by atoms with Crippen LogP contribution in [0.4, 0.5) is 0 Å². The molecule has 2 atom stereocenters. The third-order valence-electron chi connectivity index (χ3n) is 4.49. The lowest BCUT2D eigenvalue weighted by atomic mass is 10.0. The van der Waals surface area contributed by atoms with Crippen LogP contribution in [0.25, 0.3) is 0 Å². The number of hydrogen-bond donors (Lipinski definition) is 0. The second kappa shape index (κ2) is 8.20. The van der Waals surface area contributed by atoms with E-state index in [2.05, 4.69) is 23.6 Å². The van der Waals surface area contributed by atoms with Crippen LogP contribution in [0.5, 0.6) is 0 Å². The van der Waals surface area contributed by atoms with E-state index in [1.807, 2.05) is 0 Å². The van der Waals surface area contributed by atoms with Gasteiger partial charge in [0.2, 0.25) is 0 Å². The zero-order valence-electron chi connectivity index (χ0n) is 12.6. The highest BCUT2D eigenvalue weighted by Gasteiger charge is 2.30. The summed E-state index contributed by atoms with van der Waals surface area (Å²) in [7, 11) is 0. The number of hydrogen-bond acceptors (Lipinski definition) is 4. The topological polar surface area (TPSA) is 24.9 Å². The minimum Gasteiger partial charge on any atom is -0.380 e. The molecular weight excluding hydrogens is 240 g/mol. The first-order chi connectivity index (χ1) is 9.35. The minimum absolute atomic E-state index is 0.664. The molecule has 19 heavy (non-hydrogen) atoms. The molecule has 2 heterocycles. The fourth-order valence-electron chi connectivity index (χ4n) is 3.27. The molecule has 2 saturated heterocycles. The Kier molecular flexibility index (Phi) is 6.57. The molecule has 0 radical (unpaired) electrons. The second-order valence-electron chi connectivity index (χ2n) is 5.66. The summed E-state index contributed by atoms with van der Waals surface area (Å²) in [4.78, 5) is 5.26. The van der Waals surface area contributed by atoms with Gasteiger partial charge in [-0.25, -0.2) is 0 Å². The fourth-order valence-corrected chi connectivity index (χ4v) is 3.27. The van der Waals surface area contributed by atoms with Gasteiger partial charge in [-0.2, -0.15) is 0 Å². The Bertz CT molecular complexity index is 244. The first-order valence-electron chi connectivity index (χ1n) is 7.98. The molecule has 4 nitrogen and oxygen atoms in total. The van der Waals surface area contributed by atoms with Crippen LogP contribution in [-0.4, -0.2) is 74.5 Å². The molecule has 2 aliphatic heterocycles. The predicted octanol–water partition coefficient (Wildman–Crippen LogP) is 1.60. The van der Waals surface area contributed by atoms with E-state index in [9.17, 15) is 0 Å². The van der Waals surface area contributed by atoms with Crippen LogP contribution >= 0.6 is 0 Å². The van der Waals surface area contributed by atoms with E-state index in [1.165, 1.54) is 38.9 Å². The molecule has 0 amide bonds. The first kappa shape index (κ1) is 15.2. The van der Waals surface area contributed by atoms with Crippen molar-refractivity contribution in [3.8, 4) is 0 Å². The van der Waals surface area contributed by atoms with Gasteiger partial charge in [-0.05, 0) is 26.2 Å². The van der Waals surface area contributed by atoms with Crippen molar-refractivity contribution < 1.29 is 9.47 Å². The van der Waals surface area contributed by atoms with Crippen molar-refractivity contribution in [2.24, 2.45) is 0 Å². The fraction of sp³-hybridized carbons (Fsp3) is 1.00. The van der Waals surface area contributed by atoms with Gasteiger partial charge in [0, 0.05) is 51.5 Å². The largest absolute Gasteiger partial charge is 0.380 e. The predicted molar refractivity (Wildman–Crippen MR) is 77.6 cm³/mol. The molecule has 2 rings (SSSR count). The lowest BCUT2D eigenvalue weighted by Gasteiger charge is -2.45. The third kappa shape index (κ3) is 4.42. The molecule has 0 aromatic heterocycles. The summed E-state index contributed by atoms with van der Waals surface area (Å²) >= 11 is 0. The highest BCUT2D eigenvalue weighted by Crippen LogP contribution is 2.19. The molecule has 0 N–H and O–H groups in total. The number of nitrogens with zero attached hydrogens (tertiary/aromatic N) is 2. The molecule has 2 fully saturated rings. The first-order valence-corrected chi connectivity index (χ1v) is 7.98. The Labute approximate surface area is 118 Å². The summed E-state index contributed by atoms with van der Waals surface area (Å²) in [6.45, 7) is 12.6. The van der Waals surface area contributed by atoms with Crippen LogP contribution in [-0.2, 0) is 9.47 Å². The van der Waals surface area contributed by atoms with Crippen LogP contribution in [0.2, 0.25) is 0 Å². The van der Waals surface area contributed by atoms with Crippen molar-refractivity contribution in [2.45, 2.75) is 45.2 Å². The molecule has 0 aromatic carbocycles. The quantitative estimate of drug-likeness (QED) is 0.685. The van der Waals surface area contributed by atoms with E-state index in [0.29, 0.717) is 12.1 Å². The molecule has 0 bridgehead atoms. The van der Waals surface area contributed by atoms with E-state index in [0.717, 1.165) is 33.0 Å². The van der Waals surface area contributed by atoms with Crippen molar-refractivity contribution in [3.63, 3.8) is 0 Å². The molecule has 0 unspecified atom stereocenters. The molecule has 4 heteroatoms. The molecule has 0 aliphatic carbocycles. The third-order valence-corrected chi connectivity index (χ3v) is 4.49. The Balaban J connectivity index is 1.79. The van der Waals surface area contributed by atoms with Gasteiger partial charge in [0.25, 0.3) is 0 Å². The van der Waals surface area contributed by atoms with Crippen molar-refractivity contribution >= 4 is 0 Å². The normalized spacial score (nSPS) is 30.6. The van der Waals surface area contributed by atoms with Gasteiger partial charge >= 0.3 is 0 Å². The summed E-state index contributed by atoms with van der Waals surface area (Å²) in [6.07, 6.45) is 3.78. The van der Waals surface area contributed by atoms with E-state index in [-0.39, 0.29) is 0 Å². The molecular formula is C15H30N2O2. The summed E-state index contributed by atoms with van der Waals surface area (Å²) in [6, 6.07) is 1.35. The highest BCUT2D eigenvalue weighted by atomic mass is 16.5. The highest BCUT2D eigenvalue weighted by molar-refractivity contribution is 4.85. The van der Waals surface area contributed by atoms with Crippen molar-refractivity contribution in [3.05, 3.63) is 0 Å². The van der Waals surface area contributed by atoms with Gasteiger partial charge < -0.3 is 9.47 Å². The molecule has 0 saturated carbocycles. The molecule has 0 aromatic rings. The van der Waals surface area contributed by atoms with Crippen LogP contribution in [0.15, 0.2) is 0 Å². The van der Waals surface area contributed by atoms with E-state index < -0.39 is 0 Å². The minimum atomic E-state index is 0.664. The molecule has 112 valence electrons. The van der Waals surface area contributed by atoms with Crippen molar-refractivity contribution in [1.82, 2.24) is 9.80 Å². The second-order valence-corrected chi connectivity index (χ2v) is 5.66. The number of ether oxygens (including phenoxy) is 2. The Morgan fingerprint density at radius 2 is 2.16 bits per heavy atom. The van der Waals surface area contributed by atoms with Crippen molar-refractivity contribution in [1.29, 1.82) is 0 Å². The Hall–Kier alpha value is -0.160. The number of piperazine rings is 1. The number of rotatable bonds is 6. The SMILES string of the molecule is CCOCCN1CCN([C@@H]2CCCOC2)C[C@H]1CC. The van der Waals surface area contributed by atoms with E-state index in [1.54, 1.807) is 0 Å². The van der Waals surface area contributed by atoms with Crippen molar-refractivity contribution in [2.75, 3.05) is 52.6 Å². The summed E-state index contributed by atoms with van der Waals surface area (Å²) in [5.74, 6) is 0. The lowest BCUT2D eigenvalue weighted by molar-refractivity contribution is -0.0243. The zero-order valence-corrected chi connectivity index (χ0v) is 12.6. The van der Waals surface area contributed by atoms with Crippen LogP contribution in [0.1, 0.15) is 33.1 Å². The average Bonchev–Trinajstić information content (AvgIpc) is 2.48. The monoisotopic (exact) mass is 270 g/mol. The van der Waals surface area contributed by atoms with Crippen LogP contribution in [0, 0.1) is 0 Å². The van der Waals surface area contributed by atoms with Crippen LogP contribution < -0.4 is 0 Å². The Morgan fingerprint density at radius 1 is 1.26 bits per heavy atom. The van der Waals surface area contributed by atoms with Gasteiger partial charge in [0.1, 0.15) is 0 Å². The maximum atomic E-state index is 5.64. The molecule has 0 spiro atoms. The summed E-state index contributed by atoms with van der Waals surface area (Å²) < 4.78 is 11.1. The smallest absolute Gasteiger partial charge is 0.0621 e. The summed E-state index contributed by atoms with van der Waals surface area (Å²) in [5.41, 5.74) is 0. The lowest BCUT2D eigenvalue weighted by Crippen LogP contribution is -2.57. The van der Waals surface area contributed by atoms with Gasteiger partial charge in [-0.15, -0.1) is 0 Å². The van der Waals surface area contributed by atoms with Gasteiger partial charge in [-0.3, -0.25) is 9.80 Å². The van der Waals surface area contributed by atoms with Gasteiger partial charge in [0.15, 0.2) is 0 Å². The summed E-state index contributed by atoms with van der Waals surface area (Å²) in [5, 5.41) is 0. The standard InChI is InChI=1S/C15H30N2O2/c1-3-14-12-17(15-6-5-10-19-13-15)8-7-16(14)9-11-18-4-2/h14-15H,3-13H2,1-2H3/t14-,15-/m1/s1. The van der Waals surface area contributed by atoms with Gasteiger partial charge in [0.05, 0.1) is 13.2 Å².